The highest BCUT2D eigenvalue weighted by atomic mass is 32.2. The lowest BCUT2D eigenvalue weighted by Crippen LogP contribution is -2.50. The molecule has 1 aliphatic heterocycles. The zero-order chi connectivity index (χ0) is 12.8. The second kappa shape index (κ2) is 6.29. The van der Waals surface area contributed by atoms with Gasteiger partial charge in [-0.15, -0.1) is 0 Å². The summed E-state index contributed by atoms with van der Waals surface area (Å²) in [6.45, 7) is 2.50. The Kier molecular flexibility index (Phi) is 5.02. The molecule has 0 bridgehead atoms. The number of imide groups is 1. The number of nitrogens with zero attached hydrogens (tertiary/aromatic N) is 1. The smallest absolute Gasteiger partial charge is 0.328 e. The van der Waals surface area contributed by atoms with Crippen LogP contribution in [0.1, 0.15) is 6.92 Å². The van der Waals surface area contributed by atoms with Crippen LogP contribution in [-0.4, -0.2) is 52.0 Å². The van der Waals surface area contributed by atoms with Crippen molar-refractivity contribution >= 4 is 29.7 Å². The summed E-state index contributed by atoms with van der Waals surface area (Å²) in [5.41, 5.74) is 0. The van der Waals surface area contributed by atoms with Gasteiger partial charge in [0.1, 0.15) is 0 Å². The fourth-order valence-corrected chi connectivity index (χ4v) is 2.41. The molecule has 1 heterocycles. The van der Waals surface area contributed by atoms with Crippen molar-refractivity contribution in [1.29, 1.82) is 0 Å². The van der Waals surface area contributed by atoms with Gasteiger partial charge in [0.15, 0.2) is 0 Å². The predicted molar refractivity (Wildman–Crippen MR) is 63.8 cm³/mol. The van der Waals surface area contributed by atoms with Crippen LogP contribution in [0, 0.1) is 0 Å². The second-order valence-electron chi connectivity index (χ2n) is 3.58. The Morgan fingerprint density at radius 1 is 1.41 bits per heavy atom. The Morgan fingerprint density at radius 2 is 2.12 bits per heavy atom. The van der Waals surface area contributed by atoms with E-state index in [1.807, 2.05) is 6.92 Å². The molecule has 7 heteroatoms. The van der Waals surface area contributed by atoms with E-state index in [1.165, 1.54) is 0 Å². The number of rotatable bonds is 2. The molecule has 94 valence electrons. The molecule has 0 saturated carbocycles. The third-order valence-corrected chi connectivity index (χ3v) is 3.43. The van der Waals surface area contributed by atoms with Crippen molar-refractivity contribution in [3.05, 3.63) is 12.2 Å². The van der Waals surface area contributed by atoms with Gasteiger partial charge in [-0.05, 0) is 6.92 Å². The standard InChI is InChI=1S/C10H14N2O4S/c1-7-6-17-5-4-12(7)10(16)11-8(13)2-3-9(14)15/h2-3,7H,4-6H2,1H3,(H,14,15)(H,11,13,16). The molecule has 1 unspecified atom stereocenters. The van der Waals surface area contributed by atoms with Crippen LogP contribution in [0.5, 0.6) is 0 Å². The van der Waals surface area contributed by atoms with Gasteiger partial charge in [0.25, 0.3) is 5.91 Å². The molecule has 1 fully saturated rings. The minimum absolute atomic E-state index is 0.0741. The zero-order valence-corrected chi connectivity index (χ0v) is 10.2. The van der Waals surface area contributed by atoms with Gasteiger partial charge in [-0.25, -0.2) is 9.59 Å². The van der Waals surface area contributed by atoms with Crippen molar-refractivity contribution in [3.63, 3.8) is 0 Å². The molecular formula is C10H14N2O4S. The summed E-state index contributed by atoms with van der Waals surface area (Å²) >= 11 is 1.76. The van der Waals surface area contributed by atoms with Crippen LogP contribution in [0.25, 0.3) is 0 Å². The van der Waals surface area contributed by atoms with Crippen LogP contribution in [-0.2, 0) is 9.59 Å². The van der Waals surface area contributed by atoms with Gasteiger partial charge in [0.05, 0.1) is 0 Å². The van der Waals surface area contributed by atoms with Crippen LogP contribution >= 0.6 is 11.8 Å². The van der Waals surface area contributed by atoms with Crippen LogP contribution < -0.4 is 5.32 Å². The first kappa shape index (κ1) is 13.6. The molecule has 0 aromatic rings. The predicted octanol–water partition coefficient (Wildman–Crippen LogP) is 0.301. The molecule has 2 N–H and O–H groups in total. The van der Waals surface area contributed by atoms with Gasteiger partial charge >= 0.3 is 12.0 Å². The Bertz CT molecular complexity index is 356. The number of hydrogen-bond acceptors (Lipinski definition) is 4. The van der Waals surface area contributed by atoms with Gasteiger partial charge < -0.3 is 10.0 Å². The summed E-state index contributed by atoms with van der Waals surface area (Å²) < 4.78 is 0. The highest BCUT2D eigenvalue weighted by molar-refractivity contribution is 7.99. The molecule has 0 radical (unpaired) electrons. The summed E-state index contributed by atoms with van der Waals surface area (Å²) in [4.78, 5) is 34.6. The first-order valence-electron chi connectivity index (χ1n) is 5.11. The molecule has 1 atom stereocenters. The molecule has 3 amide bonds. The van der Waals surface area contributed by atoms with Gasteiger partial charge in [0.2, 0.25) is 0 Å². The van der Waals surface area contributed by atoms with E-state index in [0.29, 0.717) is 12.6 Å². The number of carbonyl (C=O) groups excluding carboxylic acids is 2. The first-order valence-corrected chi connectivity index (χ1v) is 6.26. The quantitative estimate of drug-likeness (QED) is 0.696. The summed E-state index contributed by atoms with van der Waals surface area (Å²) in [7, 11) is 0. The Labute approximate surface area is 103 Å². The van der Waals surface area contributed by atoms with E-state index in [0.717, 1.165) is 17.6 Å². The van der Waals surface area contributed by atoms with E-state index in [2.05, 4.69) is 5.32 Å². The minimum Gasteiger partial charge on any atom is -0.478 e. The summed E-state index contributed by atoms with van der Waals surface area (Å²) in [5, 5.41) is 10.4. The Hall–Kier alpha value is -1.50. The number of nitrogens with one attached hydrogen (secondary N) is 1. The Morgan fingerprint density at radius 3 is 2.71 bits per heavy atom. The SMILES string of the molecule is CC1CSCCN1C(=O)NC(=O)C=CC(=O)O. The number of urea groups is 1. The van der Waals surface area contributed by atoms with E-state index in [1.54, 1.807) is 16.7 Å². The maximum atomic E-state index is 11.7. The van der Waals surface area contributed by atoms with E-state index in [-0.39, 0.29) is 6.04 Å². The molecule has 0 aromatic carbocycles. The Balaban J connectivity index is 2.48. The van der Waals surface area contributed by atoms with E-state index >= 15 is 0 Å². The third-order valence-electron chi connectivity index (χ3n) is 2.24. The van der Waals surface area contributed by atoms with Crippen LogP contribution in [0.2, 0.25) is 0 Å². The third kappa shape index (κ3) is 4.48. The lowest BCUT2D eigenvalue weighted by Gasteiger charge is -2.32. The van der Waals surface area contributed by atoms with Crippen molar-refractivity contribution < 1.29 is 19.5 Å². The molecule has 1 aliphatic rings. The van der Waals surface area contributed by atoms with Crippen molar-refractivity contribution in [2.75, 3.05) is 18.1 Å². The molecular weight excluding hydrogens is 244 g/mol. The number of carboxylic acids is 1. The van der Waals surface area contributed by atoms with Crippen molar-refractivity contribution in [2.24, 2.45) is 0 Å². The largest absolute Gasteiger partial charge is 0.478 e. The number of aliphatic carboxylic acids is 1. The number of carbonyl (C=O) groups is 3. The van der Waals surface area contributed by atoms with Crippen LogP contribution in [0.4, 0.5) is 4.79 Å². The van der Waals surface area contributed by atoms with E-state index in [9.17, 15) is 14.4 Å². The highest BCUT2D eigenvalue weighted by Gasteiger charge is 2.24. The fourth-order valence-electron chi connectivity index (χ4n) is 1.39. The van der Waals surface area contributed by atoms with Crippen LogP contribution in [0.3, 0.4) is 0 Å². The van der Waals surface area contributed by atoms with Gasteiger partial charge in [-0.3, -0.25) is 10.1 Å². The van der Waals surface area contributed by atoms with Gasteiger partial charge in [-0.1, -0.05) is 0 Å². The molecule has 17 heavy (non-hydrogen) atoms. The average Bonchev–Trinajstić information content (AvgIpc) is 2.26. The zero-order valence-electron chi connectivity index (χ0n) is 9.38. The lowest BCUT2D eigenvalue weighted by atomic mass is 10.3. The van der Waals surface area contributed by atoms with Crippen LogP contribution in [0.15, 0.2) is 12.2 Å². The minimum atomic E-state index is -1.23. The molecule has 1 saturated heterocycles. The second-order valence-corrected chi connectivity index (χ2v) is 4.73. The molecule has 0 aliphatic carbocycles. The fraction of sp³-hybridized carbons (Fsp3) is 0.500. The maximum absolute atomic E-state index is 11.7. The molecule has 0 aromatic heterocycles. The maximum Gasteiger partial charge on any atom is 0.328 e. The van der Waals surface area contributed by atoms with Crippen molar-refractivity contribution in [3.8, 4) is 0 Å². The highest BCUT2D eigenvalue weighted by Crippen LogP contribution is 2.15. The molecule has 0 spiro atoms. The van der Waals surface area contributed by atoms with Gasteiger partial charge in [0, 0.05) is 36.2 Å². The summed E-state index contributed by atoms with van der Waals surface area (Å²) in [6, 6.07) is -0.400. The number of amides is 3. The van der Waals surface area contributed by atoms with E-state index in [4.69, 9.17) is 5.11 Å². The normalized spacial score (nSPS) is 20.3. The molecule has 6 nitrogen and oxygen atoms in total. The lowest BCUT2D eigenvalue weighted by molar-refractivity contribution is -0.131. The topological polar surface area (TPSA) is 86.7 Å². The summed E-state index contributed by atoms with van der Waals surface area (Å²) in [6.07, 6.45) is 1.52. The first-order chi connectivity index (χ1) is 8.00. The van der Waals surface area contributed by atoms with Crippen molar-refractivity contribution in [2.45, 2.75) is 13.0 Å². The van der Waals surface area contributed by atoms with Crippen molar-refractivity contribution in [1.82, 2.24) is 10.2 Å². The summed E-state index contributed by atoms with van der Waals surface area (Å²) in [5.74, 6) is -0.262. The number of thioether (sulfide) groups is 1. The monoisotopic (exact) mass is 258 g/mol. The number of hydrogen-bond donors (Lipinski definition) is 2. The molecule has 1 rings (SSSR count). The average molecular weight is 258 g/mol. The van der Waals surface area contributed by atoms with Gasteiger partial charge in [-0.2, -0.15) is 11.8 Å². The number of carboxylic acid groups (broad SMARTS) is 1. The van der Waals surface area contributed by atoms with E-state index < -0.39 is 17.9 Å².